The number of benzene rings is 3. The number of nitrogens with zero attached hydrogens (tertiary/aromatic N) is 1. The number of methoxy groups -OCH3 is 3. The van der Waals surface area contributed by atoms with E-state index in [-0.39, 0.29) is 5.91 Å². The Morgan fingerprint density at radius 2 is 1.66 bits per heavy atom. The summed E-state index contributed by atoms with van der Waals surface area (Å²) in [5, 5.41) is 5.55. The number of carbonyl (C=O) groups is 1. The molecular formula is C25H24N2O5. The number of pyridine rings is 1. The van der Waals surface area contributed by atoms with Crippen molar-refractivity contribution in [1.82, 2.24) is 10.3 Å². The van der Waals surface area contributed by atoms with Crippen molar-refractivity contribution in [3.8, 4) is 23.0 Å². The lowest BCUT2D eigenvalue weighted by molar-refractivity contribution is 0.0937. The monoisotopic (exact) mass is 432 g/mol. The van der Waals surface area contributed by atoms with Gasteiger partial charge in [0.05, 0.1) is 26.3 Å². The molecule has 0 radical (unpaired) electrons. The third-order valence-corrected chi connectivity index (χ3v) is 5.10. The van der Waals surface area contributed by atoms with Gasteiger partial charge in [-0.1, -0.05) is 12.1 Å². The molecule has 1 aromatic heterocycles. The maximum Gasteiger partial charge on any atom is 0.251 e. The van der Waals surface area contributed by atoms with Gasteiger partial charge < -0.3 is 24.3 Å². The highest BCUT2D eigenvalue weighted by molar-refractivity contribution is 5.99. The highest BCUT2D eigenvalue weighted by Crippen LogP contribution is 2.37. The maximum atomic E-state index is 12.4. The topological polar surface area (TPSA) is 78.9 Å². The highest BCUT2D eigenvalue weighted by Gasteiger charge is 2.12. The first-order chi connectivity index (χ1) is 15.6. The molecule has 0 bridgehead atoms. The van der Waals surface area contributed by atoms with Crippen LogP contribution in [0.2, 0.25) is 0 Å². The number of hydrogen-bond donors (Lipinski definition) is 1. The largest absolute Gasteiger partial charge is 0.493 e. The van der Waals surface area contributed by atoms with Crippen LogP contribution in [-0.4, -0.2) is 45.4 Å². The molecule has 7 nitrogen and oxygen atoms in total. The second-order valence-electron chi connectivity index (χ2n) is 7.11. The molecule has 4 rings (SSSR count). The van der Waals surface area contributed by atoms with Crippen molar-refractivity contribution in [1.29, 1.82) is 0 Å². The first-order valence-electron chi connectivity index (χ1n) is 10.1. The Balaban J connectivity index is 1.65. The summed E-state index contributed by atoms with van der Waals surface area (Å²) < 4.78 is 22.0. The lowest BCUT2D eigenvalue weighted by Crippen LogP contribution is -2.26. The summed E-state index contributed by atoms with van der Waals surface area (Å²) in [5.41, 5.74) is 1.31. The van der Waals surface area contributed by atoms with Gasteiger partial charge >= 0.3 is 0 Å². The fourth-order valence-electron chi connectivity index (χ4n) is 3.46. The molecule has 4 aromatic rings. The molecule has 32 heavy (non-hydrogen) atoms. The number of hydrogen-bond acceptors (Lipinski definition) is 6. The third kappa shape index (κ3) is 4.43. The molecule has 0 aliphatic rings. The highest BCUT2D eigenvalue weighted by atomic mass is 16.5. The molecule has 0 saturated carbocycles. The number of ether oxygens (including phenoxy) is 4. The molecule has 1 N–H and O–H groups in total. The molecule has 0 aliphatic carbocycles. The van der Waals surface area contributed by atoms with Gasteiger partial charge in [-0.05, 0) is 47.2 Å². The number of aromatic nitrogens is 1. The molecule has 0 spiro atoms. The molecule has 3 aromatic carbocycles. The van der Waals surface area contributed by atoms with Crippen LogP contribution in [-0.2, 0) is 4.74 Å². The number of nitrogens with one attached hydrogen (secondary N) is 1. The average Bonchev–Trinajstić information content (AvgIpc) is 2.83. The van der Waals surface area contributed by atoms with E-state index >= 15 is 0 Å². The number of carbonyl (C=O) groups excluding carboxylic acids is 1. The van der Waals surface area contributed by atoms with Crippen LogP contribution in [0.1, 0.15) is 10.4 Å². The fraction of sp³-hybridized carbons (Fsp3) is 0.200. The van der Waals surface area contributed by atoms with Gasteiger partial charge in [0.1, 0.15) is 11.5 Å². The smallest absolute Gasteiger partial charge is 0.251 e. The molecule has 1 heterocycles. The summed E-state index contributed by atoms with van der Waals surface area (Å²) in [6.07, 6.45) is 1.69. The summed E-state index contributed by atoms with van der Waals surface area (Å²) in [6, 6.07) is 16.8. The Morgan fingerprint density at radius 1 is 0.875 bits per heavy atom. The third-order valence-electron chi connectivity index (χ3n) is 5.10. The molecule has 0 saturated heterocycles. The van der Waals surface area contributed by atoms with Gasteiger partial charge in [-0.25, -0.2) is 0 Å². The summed E-state index contributed by atoms with van der Waals surface area (Å²) in [5.74, 6) is 2.35. The lowest BCUT2D eigenvalue weighted by atomic mass is 10.1. The Bertz CT molecular complexity index is 1270. The van der Waals surface area contributed by atoms with Crippen LogP contribution in [0.15, 0.2) is 60.8 Å². The number of rotatable bonds is 8. The summed E-state index contributed by atoms with van der Waals surface area (Å²) >= 11 is 0. The van der Waals surface area contributed by atoms with Crippen molar-refractivity contribution in [2.75, 3.05) is 34.5 Å². The zero-order chi connectivity index (χ0) is 22.5. The molecule has 0 fully saturated rings. The second-order valence-corrected chi connectivity index (χ2v) is 7.11. The molecule has 0 aliphatic heterocycles. The van der Waals surface area contributed by atoms with E-state index in [9.17, 15) is 4.79 Å². The van der Waals surface area contributed by atoms with Gasteiger partial charge in [-0.3, -0.25) is 9.78 Å². The number of fused-ring (bicyclic) bond motifs is 2. The van der Waals surface area contributed by atoms with E-state index in [0.29, 0.717) is 41.7 Å². The molecule has 7 heteroatoms. The van der Waals surface area contributed by atoms with E-state index < -0.39 is 0 Å². The maximum absolute atomic E-state index is 12.4. The predicted octanol–water partition coefficient (Wildman–Crippen LogP) is 4.57. The fourth-order valence-corrected chi connectivity index (χ4v) is 3.46. The Kier molecular flexibility index (Phi) is 6.37. The Morgan fingerprint density at radius 3 is 2.44 bits per heavy atom. The van der Waals surface area contributed by atoms with Gasteiger partial charge in [-0.2, -0.15) is 0 Å². The van der Waals surface area contributed by atoms with Gasteiger partial charge in [0.15, 0.2) is 11.5 Å². The Labute approximate surface area is 185 Å². The standard InChI is InChI=1S/C25H24N2O5/c1-29-11-10-27-25(28)17-5-4-16-6-7-19(13-18(16)12-17)32-22-8-9-26-21-15-24(31-3)23(30-2)14-20(21)22/h4-9,12-15H,10-11H2,1-3H3,(H,27,28). The van der Waals surface area contributed by atoms with Crippen LogP contribution in [0.5, 0.6) is 23.0 Å². The van der Waals surface area contributed by atoms with Crippen LogP contribution in [0.25, 0.3) is 21.7 Å². The van der Waals surface area contributed by atoms with Crippen LogP contribution in [0.3, 0.4) is 0 Å². The SMILES string of the molecule is COCCNC(=O)c1ccc2ccc(Oc3ccnc4cc(OC)c(OC)cc34)cc2c1. The van der Waals surface area contributed by atoms with Gasteiger partial charge in [0, 0.05) is 36.9 Å². The van der Waals surface area contributed by atoms with Crippen molar-refractivity contribution in [3.63, 3.8) is 0 Å². The van der Waals surface area contributed by atoms with E-state index in [1.165, 1.54) is 0 Å². The minimum Gasteiger partial charge on any atom is -0.493 e. The zero-order valence-corrected chi connectivity index (χ0v) is 18.2. The molecule has 0 unspecified atom stereocenters. The number of amides is 1. The van der Waals surface area contributed by atoms with Gasteiger partial charge in [0.2, 0.25) is 0 Å². The second kappa shape index (κ2) is 9.53. The average molecular weight is 432 g/mol. The molecule has 164 valence electrons. The van der Waals surface area contributed by atoms with Crippen LogP contribution < -0.4 is 19.5 Å². The Hall–Kier alpha value is -3.84. The normalized spacial score (nSPS) is 10.8. The molecule has 1 amide bonds. The lowest BCUT2D eigenvalue weighted by Gasteiger charge is -2.13. The summed E-state index contributed by atoms with van der Waals surface area (Å²) in [4.78, 5) is 16.8. The minimum atomic E-state index is -0.142. The van der Waals surface area contributed by atoms with Crippen molar-refractivity contribution in [3.05, 3.63) is 66.4 Å². The van der Waals surface area contributed by atoms with Crippen molar-refractivity contribution in [2.45, 2.75) is 0 Å². The van der Waals surface area contributed by atoms with E-state index in [0.717, 1.165) is 21.7 Å². The summed E-state index contributed by atoms with van der Waals surface area (Å²) in [6.45, 7) is 0.924. The molecule has 0 atom stereocenters. The van der Waals surface area contributed by atoms with Crippen LogP contribution in [0, 0.1) is 0 Å². The first kappa shape index (κ1) is 21.4. The summed E-state index contributed by atoms with van der Waals surface area (Å²) in [7, 11) is 4.78. The van der Waals surface area contributed by atoms with E-state index in [1.807, 2.05) is 42.5 Å². The minimum absolute atomic E-state index is 0.142. The first-order valence-corrected chi connectivity index (χ1v) is 10.1. The van der Waals surface area contributed by atoms with Crippen molar-refractivity contribution < 1.29 is 23.7 Å². The van der Waals surface area contributed by atoms with Gasteiger partial charge in [0.25, 0.3) is 5.91 Å². The van der Waals surface area contributed by atoms with Gasteiger partial charge in [-0.15, -0.1) is 0 Å². The van der Waals surface area contributed by atoms with E-state index in [2.05, 4.69) is 10.3 Å². The predicted molar refractivity (Wildman–Crippen MR) is 123 cm³/mol. The van der Waals surface area contributed by atoms with Crippen LogP contribution in [0.4, 0.5) is 0 Å². The zero-order valence-electron chi connectivity index (χ0n) is 18.2. The molecular weight excluding hydrogens is 408 g/mol. The van der Waals surface area contributed by atoms with E-state index in [4.69, 9.17) is 18.9 Å². The van der Waals surface area contributed by atoms with Crippen LogP contribution >= 0.6 is 0 Å². The quantitative estimate of drug-likeness (QED) is 0.411. The van der Waals surface area contributed by atoms with Crippen molar-refractivity contribution >= 4 is 27.6 Å². The van der Waals surface area contributed by atoms with Crippen molar-refractivity contribution in [2.24, 2.45) is 0 Å². The van der Waals surface area contributed by atoms with E-state index in [1.54, 1.807) is 39.7 Å².